The molecule has 0 unspecified atom stereocenters. The number of hydrogen-bond acceptors (Lipinski definition) is 2. The molecule has 2 N–H and O–H groups in total. The van der Waals surface area contributed by atoms with Crippen LogP contribution in [0.5, 0.6) is 5.75 Å². The Morgan fingerprint density at radius 3 is 2.53 bits per heavy atom. The molecule has 2 aromatic rings. The summed E-state index contributed by atoms with van der Waals surface area (Å²) in [5.74, 6) is 0.933. The monoisotopic (exact) mass is 367 g/mol. The first kappa shape index (κ1) is 14.3. The Morgan fingerprint density at radius 2 is 1.89 bits per heavy atom. The first-order valence-electron chi connectivity index (χ1n) is 6.38. The van der Waals surface area contributed by atoms with E-state index < -0.39 is 0 Å². The van der Waals surface area contributed by atoms with Crippen molar-refractivity contribution in [2.75, 3.05) is 6.54 Å². The topological polar surface area (TPSA) is 35.2 Å². The van der Waals surface area contributed by atoms with E-state index in [1.165, 1.54) is 9.13 Å². The lowest BCUT2D eigenvalue weighted by atomic mass is 10.1. The van der Waals surface area contributed by atoms with E-state index in [1.807, 2.05) is 24.3 Å². The van der Waals surface area contributed by atoms with Crippen LogP contribution in [-0.4, -0.2) is 6.54 Å². The fraction of sp³-hybridized carbons (Fsp3) is 0.250. The van der Waals surface area contributed by atoms with Gasteiger partial charge in [0.25, 0.3) is 0 Å². The van der Waals surface area contributed by atoms with Crippen LogP contribution in [0.3, 0.4) is 0 Å². The molecule has 1 atom stereocenters. The molecule has 0 radical (unpaired) electrons. The summed E-state index contributed by atoms with van der Waals surface area (Å²) in [5.41, 5.74) is 8.03. The van der Waals surface area contributed by atoms with Gasteiger partial charge in [-0.05, 0) is 65.4 Å². The van der Waals surface area contributed by atoms with E-state index in [-0.39, 0.29) is 6.10 Å². The number of ether oxygens (including phenoxy) is 1. The van der Waals surface area contributed by atoms with Gasteiger partial charge >= 0.3 is 0 Å². The van der Waals surface area contributed by atoms with E-state index in [2.05, 4.69) is 53.8 Å². The van der Waals surface area contributed by atoms with Crippen LogP contribution >= 0.6 is 22.6 Å². The SMILES string of the molecule is Cc1cc(I)ccc1O[C@H](CCN)c1ccccc1. The number of halogens is 1. The van der Waals surface area contributed by atoms with Gasteiger partial charge in [0.2, 0.25) is 0 Å². The molecule has 0 aliphatic heterocycles. The smallest absolute Gasteiger partial charge is 0.125 e. The molecule has 3 heteroatoms. The number of benzene rings is 2. The van der Waals surface area contributed by atoms with Crippen LogP contribution in [0.4, 0.5) is 0 Å². The third-order valence-electron chi connectivity index (χ3n) is 3.01. The zero-order valence-electron chi connectivity index (χ0n) is 11.0. The molecular formula is C16H18INO. The lowest BCUT2D eigenvalue weighted by molar-refractivity contribution is 0.196. The molecule has 0 fully saturated rings. The van der Waals surface area contributed by atoms with Crippen LogP contribution < -0.4 is 10.5 Å². The first-order chi connectivity index (χ1) is 9.20. The van der Waals surface area contributed by atoms with E-state index in [4.69, 9.17) is 10.5 Å². The van der Waals surface area contributed by atoms with Crippen LogP contribution in [0.1, 0.15) is 23.7 Å². The summed E-state index contributed by atoms with van der Waals surface area (Å²) in [6.45, 7) is 2.69. The number of rotatable bonds is 5. The Bertz CT molecular complexity index is 528. The zero-order chi connectivity index (χ0) is 13.7. The molecule has 0 aliphatic rings. The van der Waals surface area contributed by atoms with E-state index in [9.17, 15) is 0 Å². The first-order valence-corrected chi connectivity index (χ1v) is 7.46. The zero-order valence-corrected chi connectivity index (χ0v) is 13.1. The molecule has 100 valence electrons. The van der Waals surface area contributed by atoms with Crippen molar-refractivity contribution >= 4 is 22.6 Å². The molecule has 0 amide bonds. The molecule has 19 heavy (non-hydrogen) atoms. The Labute approximate surface area is 128 Å². The van der Waals surface area contributed by atoms with Gasteiger partial charge in [-0.2, -0.15) is 0 Å². The highest BCUT2D eigenvalue weighted by molar-refractivity contribution is 14.1. The van der Waals surface area contributed by atoms with Gasteiger partial charge in [-0.1, -0.05) is 30.3 Å². The minimum Gasteiger partial charge on any atom is -0.485 e. The standard InChI is InChI=1S/C16H18INO/c1-12-11-14(17)7-8-15(12)19-16(9-10-18)13-5-3-2-4-6-13/h2-8,11,16H,9-10,18H2,1H3/t16-/m1/s1. The fourth-order valence-electron chi connectivity index (χ4n) is 2.01. The van der Waals surface area contributed by atoms with Gasteiger partial charge in [0, 0.05) is 9.99 Å². The summed E-state index contributed by atoms with van der Waals surface area (Å²) in [6.07, 6.45) is 0.833. The Hall–Kier alpha value is -1.07. The molecule has 2 aromatic carbocycles. The van der Waals surface area contributed by atoms with E-state index >= 15 is 0 Å². The molecule has 0 saturated carbocycles. The van der Waals surface area contributed by atoms with Crippen LogP contribution in [0.25, 0.3) is 0 Å². The van der Waals surface area contributed by atoms with Gasteiger partial charge in [-0.25, -0.2) is 0 Å². The predicted molar refractivity (Wildman–Crippen MR) is 87.4 cm³/mol. The van der Waals surface area contributed by atoms with Gasteiger partial charge in [-0.3, -0.25) is 0 Å². The maximum atomic E-state index is 6.14. The van der Waals surface area contributed by atoms with Crippen molar-refractivity contribution in [2.24, 2.45) is 5.73 Å². The van der Waals surface area contributed by atoms with Crippen LogP contribution in [-0.2, 0) is 0 Å². The number of aryl methyl sites for hydroxylation is 1. The third kappa shape index (κ3) is 3.94. The Kier molecular flexibility index (Phi) is 5.22. The largest absolute Gasteiger partial charge is 0.485 e. The van der Waals surface area contributed by atoms with Gasteiger partial charge in [0.05, 0.1) is 0 Å². The molecule has 0 aromatic heterocycles. The van der Waals surface area contributed by atoms with E-state index in [0.717, 1.165) is 17.7 Å². The second-order valence-corrected chi connectivity index (χ2v) is 5.75. The van der Waals surface area contributed by atoms with Crippen molar-refractivity contribution in [3.63, 3.8) is 0 Å². The molecule has 0 spiro atoms. The number of nitrogens with two attached hydrogens (primary N) is 1. The van der Waals surface area contributed by atoms with Crippen LogP contribution in [0.2, 0.25) is 0 Å². The molecule has 0 saturated heterocycles. The highest BCUT2D eigenvalue weighted by Crippen LogP contribution is 2.28. The third-order valence-corrected chi connectivity index (χ3v) is 3.68. The minimum absolute atomic E-state index is 0.0185. The highest BCUT2D eigenvalue weighted by Gasteiger charge is 2.13. The molecule has 2 nitrogen and oxygen atoms in total. The van der Waals surface area contributed by atoms with E-state index in [0.29, 0.717) is 6.54 Å². The molecule has 2 rings (SSSR count). The van der Waals surface area contributed by atoms with E-state index in [1.54, 1.807) is 0 Å². The van der Waals surface area contributed by atoms with Crippen molar-refractivity contribution in [1.82, 2.24) is 0 Å². The van der Waals surface area contributed by atoms with Gasteiger partial charge < -0.3 is 10.5 Å². The summed E-state index contributed by atoms with van der Waals surface area (Å²) < 4.78 is 7.36. The van der Waals surface area contributed by atoms with Gasteiger partial charge in [0.1, 0.15) is 11.9 Å². The second-order valence-electron chi connectivity index (χ2n) is 4.50. The lowest BCUT2D eigenvalue weighted by Crippen LogP contribution is -2.13. The normalized spacial score (nSPS) is 12.2. The van der Waals surface area contributed by atoms with Crippen molar-refractivity contribution < 1.29 is 4.74 Å². The molecule has 0 heterocycles. The summed E-state index contributed by atoms with van der Waals surface area (Å²) >= 11 is 2.31. The summed E-state index contributed by atoms with van der Waals surface area (Å²) in [4.78, 5) is 0. The van der Waals surface area contributed by atoms with Gasteiger partial charge in [-0.15, -0.1) is 0 Å². The quantitative estimate of drug-likeness (QED) is 0.809. The average molecular weight is 367 g/mol. The molecule has 0 bridgehead atoms. The second kappa shape index (κ2) is 6.91. The van der Waals surface area contributed by atoms with Crippen LogP contribution in [0, 0.1) is 10.5 Å². The summed E-state index contributed by atoms with van der Waals surface area (Å²) in [5, 5.41) is 0. The average Bonchev–Trinajstić information content (AvgIpc) is 2.42. The maximum Gasteiger partial charge on any atom is 0.125 e. The molecule has 0 aliphatic carbocycles. The number of hydrogen-bond donors (Lipinski definition) is 1. The Balaban J connectivity index is 2.21. The summed E-state index contributed by atoms with van der Waals surface area (Å²) in [7, 11) is 0. The highest BCUT2D eigenvalue weighted by atomic mass is 127. The predicted octanol–water partition coefficient (Wildman–Crippen LogP) is 4.07. The minimum atomic E-state index is 0.0185. The van der Waals surface area contributed by atoms with Gasteiger partial charge in [0.15, 0.2) is 0 Å². The van der Waals surface area contributed by atoms with Crippen molar-refractivity contribution in [2.45, 2.75) is 19.4 Å². The van der Waals surface area contributed by atoms with Crippen LogP contribution in [0.15, 0.2) is 48.5 Å². The Morgan fingerprint density at radius 1 is 1.16 bits per heavy atom. The maximum absolute atomic E-state index is 6.14. The van der Waals surface area contributed by atoms with Crippen molar-refractivity contribution in [3.05, 3.63) is 63.2 Å². The lowest BCUT2D eigenvalue weighted by Gasteiger charge is -2.20. The van der Waals surface area contributed by atoms with Crippen molar-refractivity contribution in [3.8, 4) is 5.75 Å². The molecular weight excluding hydrogens is 349 g/mol. The fourth-order valence-corrected chi connectivity index (χ4v) is 2.66. The van der Waals surface area contributed by atoms with Crippen molar-refractivity contribution in [1.29, 1.82) is 0 Å². The summed E-state index contributed by atoms with van der Waals surface area (Å²) in [6, 6.07) is 16.5.